The van der Waals surface area contributed by atoms with Gasteiger partial charge in [-0.25, -0.2) is 0 Å². The Balaban J connectivity index is 2.45. The summed E-state index contributed by atoms with van der Waals surface area (Å²) in [4.78, 5) is 23.1. The number of carboxylic acids is 1. The van der Waals surface area contributed by atoms with Crippen molar-refractivity contribution < 1.29 is 14.7 Å². The van der Waals surface area contributed by atoms with E-state index in [4.69, 9.17) is 5.11 Å². The largest absolute Gasteiger partial charge is 0.481 e. The standard InChI is InChI=1S/C9H15NO3/c1-10-4-2-3-8(10)5-7(6-11)9(12)13/h6-8H,2-5H2,1H3,(H,12,13)/t7?,8-/m0/s1. The van der Waals surface area contributed by atoms with E-state index in [1.807, 2.05) is 7.05 Å². The van der Waals surface area contributed by atoms with E-state index >= 15 is 0 Å². The molecule has 2 atom stereocenters. The van der Waals surface area contributed by atoms with Crippen molar-refractivity contribution in [1.29, 1.82) is 0 Å². The zero-order chi connectivity index (χ0) is 9.84. The van der Waals surface area contributed by atoms with Crippen molar-refractivity contribution in [3.8, 4) is 0 Å². The third kappa shape index (κ3) is 2.52. The first kappa shape index (κ1) is 10.2. The van der Waals surface area contributed by atoms with Crippen LogP contribution in [0.2, 0.25) is 0 Å². The fourth-order valence-electron chi connectivity index (χ4n) is 1.78. The van der Waals surface area contributed by atoms with Gasteiger partial charge in [0, 0.05) is 6.04 Å². The van der Waals surface area contributed by atoms with Crippen molar-refractivity contribution in [3.63, 3.8) is 0 Å². The van der Waals surface area contributed by atoms with E-state index in [0.29, 0.717) is 12.7 Å². The molecule has 4 heteroatoms. The number of aldehydes is 1. The van der Waals surface area contributed by atoms with Crippen LogP contribution in [0, 0.1) is 5.92 Å². The Bertz CT molecular complexity index is 205. The molecule has 0 aromatic heterocycles. The summed E-state index contributed by atoms with van der Waals surface area (Å²) in [5.74, 6) is -1.83. The molecule has 0 amide bonds. The number of aliphatic carboxylic acids is 1. The van der Waals surface area contributed by atoms with Gasteiger partial charge in [0.1, 0.15) is 12.2 Å². The molecule has 0 spiro atoms. The van der Waals surface area contributed by atoms with Crippen molar-refractivity contribution in [1.82, 2.24) is 4.90 Å². The molecule has 0 aromatic rings. The lowest BCUT2D eigenvalue weighted by Crippen LogP contribution is -2.30. The van der Waals surface area contributed by atoms with Crippen molar-refractivity contribution in [2.75, 3.05) is 13.6 Å². The van der Waals surface area contributed by atoms with Crippen LogP contribution >= 0.6 is 0 Å². The molecule has 4 nitrogen and oxygen atoms in total. The van der Waals surface area contributed by atoms with Crippen LogP contribution in [0.4, 0.5) is 0 Å². The molecule has 0 saturated carbocycles. The predicted molar refractivity (Wildman–Crippen MR) is 47.5 cm³/mol. The third-order valence-electron chi connectivity index (χ3n) is 2.68. The van der Waals surface area contributed by atoms with Crippen LogP contribution in [0.15, 0.2) is 0 Å². The van der Waals surface area contributed by atoms with Crippen LogP contribution in [0.3, 0.4) is 0 Å². The van der Waals surface area contributed by atoms with E-state index in [-0.39, 0.29) is 6.04 Å². The van der Waals surface area contributed by atoms with Gasteiger partial charge < -0.3 is 14.8 Å². The van der Waals surface area contributed by atoms with Crippen LogP contribution < -0.4 is 0 Å². The maximum atomic E-state index is 10.6. The minimum Gasteiger partial charge on any atom is -0.481 e. The van der Waals surface area contributed by atoms with E-state index < -0.39 is 11.9 Å². The number of hydrogen-bond acceptors (Lipinski definition) is 3. The molecule has 1 unspecified atom stereocenters. The topological polar surface area (TPSA) is 57.6 Å². The number of rotatable bonds is 4. The summed E-state index contributed by atoms with van der Waals surface area (Å²) in [5.41, 5.74) is 0. The van der Waals surface area contributed by atoms with E-state index in [1.54, 1.807) is 0 Å². The fraction of sp³-hybridized carbons (Fsp3) is 0.778. The molecule has 0 aliphatic carbocycles. The summed E-state index contributed by atoms with van der Waals surface area (Å²) in [6, 6.07) is 0.270. The summed E-state index contributed by atoms with van der Waals surface area (Å²) in [5, 5.41) is 8.67. The lowest BCUT2D eigenvalue weighted by molar-refractivity contribution is -0.144. The second-order valence-electron chi connectivity index (χ2n) is 3.59. The third-order valence-corrected chi connectivity index (χ3v) is 2.68. The fourth-order valence-corrected chi connectivity index (χ4v) is 1.78. The Kier molecular flexibility index (Phi) is 3.42. The van der Waals surface area contributed by atoms with Gasteiger partial charge in [0.05, 0.1) is 0 Å². The average Bonchev–Trinajstić information content (AvgIpc) is 2.46. The van der Waals surface area contributed by atoms with E-state index in [1.165, 1.54) is 0 Å². The maximum absolute atomic E-state index is 10.6. The quantitative estimate of drug-likeness (QED) is 0.508. The van der Waals surface area contributed by atoms with Crippen molar-refractivity contribution in [2.45, 2.75) is 25.3 Å². The number of carboxylic acid groups (broad SMARTS) is 1. The SMILES string of the molecule is CN1CCC[C@H]1CC(C=O)C(=O)O. The van der Waals surface area contributed by atoms with Crippen LogP contribution in [-0.2, 0) is 9.59 Å². The summed E-state index contributed by atoms with van der Waals surface area (Å²) in [7, 11) is 1.97. The molecule has 1 heterocycles. The second kappa shape index (κ2) is 4.37. The van der Waals surface area contributed by atoms with E-state index in [9.17, 15) is 9.59 Å². The van der Waals surface area contributed by atoms with Crippen LogP contribution in [0.5, 0.6) is 0 Å². The van der Waals surface area contributed by atoms with Gasteiger partial charge in [-0.3, -0.25) is 4.79 Å². The van der Waals surface area contributed by atoms with Crippen LogP contribution in [-0.4, -0.2) is 41.9 Å². The molecule has 1 aliphatic heterocycles. The van der Waals surface area contributed by atoms with Gasteiger partial charge >= 0.3 is 5.97 Å². The number of nitrogens with zero attached hydrogens (tertiary/aromatic N) is 1. The molecule has 1 N–H and O–H groups in total. The summed E-state index contributed by atoms with van der Waals surface area (Å²) in [6.45, 7) is 1.01. The molecular formula is C9H15NO3. The Hall–Kier alpha value is -0.900. The molecule has 1 fully saturated rings. The van der Waals surface area contributed by atoms with Crippen molar-refractivity contribution >= 4 is 12.3 Å². The van der Waals surface area contributed by atoms with Gasteiger partial charge in [-0.2, -0.15) is 0 Å². The van der Waals surface area contributed by atoms with Gasteiger partial charge in [0.25, 0.3) is 0 Å². The first-order valence-corrected chi connectivity index (χ1v) is 4.53. The molecule has 74 valence electrons. The number of carbonyl (C=O) groups is 2. The molecular weight excluding hydrogens is 170 g/mol. The maximum Gasteiger partial charge on any atom is 0.313 e. The van der Waals surface area contributed by atoms with Gasteiger partial charge in [-0.1, -0.05) is 0 Å². The predicted octanol–water partition coefficient (Wildman–Crippen LogP) is 0.370. The van der Waals surface area contributed by atoms with E-state index in [0.717, 1.165) is 19.4 Å². The highest BCUT2D eigenvalue weighted by molar-refractivity contribution is 5.86. The molecule has 1 saturated heterocycles. The number of hydrogen-bond donors (Lipinski definition) is 1. The van der Waals surface area contributed by atoms with Gasteiger partial charge in [-0.05, 0) is 32.9 Å². The number of likely N-dealkylation sites (tertiary alicyclic amines) is 1. The van der Waals surface area contributed by atoms with Crippen molar-refractivity contribution in [3.05, 3.63) is 0 Å². The highest BCUT2D eigenvalue weighted by atomic mass is 16.4. The first-order valence-electron chi connectivity index (χ1n) is 4.53. The second-order valence-corrected chi connectivity index (χ2v) is 3.59. The molecule has 1 aliphatic rings. The molecule has 13 heavy (non-hydrogen) atoms. The molecule has 0 bridgehead atoms. The molecule has 0 radical (unpaired) electrons. The van der Waals surface area contributed by atoms with Gasteiger partial charge in [-0.15, -0.1) is 0 Å². The monoisotopic (exact) mass is 185 g/mol. The summed E-state index contributed by atoms with van der Waals surface area (Å²) >= 11 is 0. The zero-order valence-corrected chi connectivity index (χ0v) is 7.77. The Morgan fingerprint density at radius 2 is 2.46 bits per heavy atom. The van der Waals surface area contributed by atoms with Gasteiger partial charge in [0.2, 0.25) is 0 Å². The van der Waals surface area contributed by atoms with Crippen LogP contribution in [0.1, 0.15) is 19.3 Å². The minimum atomic E-state index is -1.00. The molecule has 1 rings (SSSR count). The lowest BCUT2D eigenvalue weighted by Gasteiger charge is -2.20. The number of carbonyl (C=O) groups excluding carboxylic acids is 1. The minimum absolute atomic E-state index is 0.270. The smallest absolute Gasteiger partial charge is 0.313 e. The van der Waals surface area contributed by atoms with Crippen molar-refractivity contribution in [2.24, 2.45) is 5.92 Å². The Labute approximate surface area is 77.5 Å². The Morgan fingerprint density at radius 1 is 1.77 bits per heavy atom. The lowest BCUT2D eigenvalue weighted by atomic mass is 10.00. The summed E-state index contributed by atoms with van der Waals surface area (Å²) in [6.07, 6.45) is 3.10. The normalized spacial score (nSPS) is 25.8. The van der Waals surface area contributed by atoms with Gasteiger partial charge in [0.15, 0.2) is 0 Å². The highest BCUT2D eigenvalue weighted by Crippen LogP contribution is 2.21. The summed E-state index contributed by atoms with van der Waals surface area (Å²) < 4.78 is 0. The van der Waals surface area contributed by atoms with Crippen LogP contribution in [0.25, 0.3) is 0 Å². The van der Waals surface area contributed by atoms with E-state index in [2.05, 4.69) is 4.90 Å². The average molecular weight is 185 g/mol. The first-order chi connectivity index (χ1) is 6.15. The molecule has 0 aromatic carbocycles. The Morgan fingerprint density at radius 3 is 2.85 bits per heavy atom. The zero-order valence-electron chi connectivity index (χ0n) is 7.77. The highest BCUT2D eigenvalue weighted by Gasteiger charge is 2.27.